The van der Waals surface area contributed by atoms with Gasteiger partial charge < -0.3 is 9.47 Å². The van der Waals surface area contributed by atoms with E-state index in [4.69, 9.17) is 16.6 Å². The number of likely N-dealkylation sites (N-methyl/N-ethyl adjacent to an activating group) is 1. The summed E-state index contributed by atoms with van der Waals surface area (Å²) in [5.74, 6) is 2.03. The molecule has 1 heterocycles. The normalized spacial score (nSPS) is 13.5. The minimum Gasteiger partial charge on any atom is -0.323 e. The smallest absolute Gasteiger partial charge is 0.125 e. The number of aromatic nitrogens is 2. The Hall–Kier alpha value is -0.580. The molecule has 116 valence electrons. The van der Waals surface area contributed by atoms with Crippen molar-refractivity contribution in [2.45, 2.75) is 32.2 Å². The van der Waals surface area contributed by atoms with E-state index in [-0.39, 0.29) is 0 Å². The summed E-state index contributed by atoms with van der Waals surface area (Å²) >= 11 is 9.67. The third kappa shape index (κ3) is 3.99. The lowest BCUT2D eigenvalue weighted by atomic mass is 10.0. The zero-order valence-electron chi connectivity index (χ0n) is 13.1. The molecule has 0 radical (unpaired) electrons. The van der Waals surface area contributed by atoms with Gasteiger partial charge in [-0.05, 0) is 44.6 Å². The third-order valence-corrected chi connectivity index (χ3v) is 4.26. The number of rotatable bonds is 6. The second kappa shape index (κ2) is 7.12. The van der Waals surface area contributed by atoms with E-state index >= 15 is 0 Å². The molecule has 0 spiro atoms. The lowest BCUT2D eigenvalue weighted by Gasteiger charge is -2.26. The number of benzene rings is 1. The van der Waals surface area contributed by atoms with E-state index in [1.165, 1.54) is 5.52 Å². The summed E-state index contributed by atoms with van der Waals surface area (Å²) in [6.45, 7) is 5.51. The molecule has 5 heteroatoms. The van der Waals surface area contributed by atoms with Crippen molar-refractivity contribution in [2.75, 3.05) is 20.6 Å². The summed E-state index contributed by atoms with van der Waals surface area (Å²) in [4.78, 5) is 6.94. The van der Waals surface area contributed by atoms with Gasteiger partial charge in [-0.15, -0.1) is 11.6 Å². The van der Waals surface area contributed by atoms with Crippen LogP contribution in [-0.4, -0.2) is 35.1 Å². The maximum absolute atomic E-state index is 6.15. The Morgan fingerprint density at radius 3 is 2.62 bits per heavy atom. The van der Waals surface area contributed by atoms with Crippen LogP contribution in [0, 0.1) is 5.92 Å². The highest BCUT2D eigenvalue weighted by atomic mass is 79.9. The molecule has 21 heavy (non-hydrogen) atoms. The highest BCUT2D eigenvalue weighted by Gasteiger charge is 2.20. The van der Waals surface area contributed by atoms with Crippen molar-refractivity contribution < 1.29 is 0 Å². The topological polar surface area (TPSA) is 21.1 Å². The fourth-order valence-electron chi connectivity index (χ4n) is 2.85. The second-order valence-electron chi connectivity index (χ2n) is 6.21. The van der Waals surface area contributed by atoms with Crippen molar-refractivity contribution in [2.24, 2.45) is 5.92 Å². The Kier molecular flexibility index (Phi) is 5.69. The molecule has 0 saturated heterocycles. The molecule has 1 aromatic heterocycles. The number of nitrogens with zero attached hydrogens (tertiary/aromatic N) is 3. The van der Waals surface area contributed by atoms with Crippen LogP contribution in [0.1, 0.15) is 32.1 Å². The van der Waals surface area contributed by atoms with Gasteiger partial charge in [0, 0.05) is 17.1 Å². The SMILES string of the molecule is CC(C)CC(CN(C)C)n1c(CCl)nc2cc(Br)ccc21. The van der Waals surface area contributed by atoms with Crippen LogP contribution in [0.15, 0.2) is 22.7 Å². The van der Waals surface area contributed by atoms with E-state index in [0.717, 1.165) is 28.8 Å². The summed E-state index contributed by atoms with van der Waals surface area (Å²) < 4.78 is 3.38. The quantitative estimate of drug-likeness (QED) is 0.686. The highest BCUT2D eigenvalue weighted by Crippen LogP contribution is 2.28. The molecule has 2 aromatic rings. The molecule has 0 N–H and O–H groups in total. The van der Waals surface area contributed by atoms with Gasteiger partial charge in [0.25, 0.3) is 0 Å². The van der Waals surface area contributed by atoms with Crippen LogP contribution < -0.4 is 0 Å². The molecule has 0 aliphatic rings. The summed E-state index contributed by atoms with van der Waals surface area (Å²) in [6.07, 6.45) is 1.11. The molecular formula is C16H23BrClN3. The zero-order valence-corrected chi connectivity index (χ0v) is 15.4. The molecule has 1 aromatic carbocycles. The molecule has 0 saturated carbocycles. The predicted molar refractivity (Wildman–Crippen MR) is 94.0 cm³/mol. The van der Waals surface area contributed by atoms with Crippen molar-refractivity contribution in [3.05, 3.63) is 28.5 Å². The molecule has 1 atom stereocenters. The summed E-state index contributed by atoms with van der Waals surface area (Å²) in [5.41, 5.74) is 2.17. The van der Waals surface area contributed by atoms with Crippen LogP contribution in [0.3, 0.4) is 0 Å². The predicted octanol–water partition coefficient (Wildman–Crippen LogP) is 4.69. The van der Waals surface area contributed by atoms with Crippen LogP contribution in [0.4, 0.5) is 0 Å². The Bertz CT molecular complexity index is 597. The molecular weight excluding hydrogens is 350 g/mol. The number of imidazole rings is 1. The highest BCUT2D eigenvalue weighted by molar-refractivity contribution is 9.10. The molecule has 0 aliphatic heterocycles. The third-order valence-electron chi connectivity index (χ3n) is 3.53. The van der Waals surface area contributed by atoms with Crippen molar-refractivity contribution in [1.82, 2.24) is 14.5 Å². The standard InChI is InChI=1S/C16H23BrClN3/c1-11(2)7-13(10-20(3)4)21-15-6-5-12(17)8-14(15)19-16(21)9-18/h5-6,8,11,13H,7,9-10H2,1-4H3. The molecule has 1 unspecified atom stereocenters. The van der Waals surface area contributed by atoms with Gasteiger partial charge in [-0.3, -0.25) is 0 Å². The van der Waals surface area contributed by atoms with E-state index in [1.807, 2.05) is 0 Å². The molecule has 3 nitrogen and oxygen atoms in total. The first-order chi connectivity index (χ1) is 9.92. The van der Waals surface area contributed by atoms with Gasteiger partial charge in [0.2, 0.25) is 0 Å². The number of alkyl halides is 1. The minimum absolute atomic E-state index is 0.389. The van der Waals surface area contributed by atoms with E-state index in [0.29, 0.717) is 17.8 Å². The van der Waals surface area contributed by atoms with E-state index in [1.54, 1.807) is 0 Å². The van der Waals surface area contributed by atoms with Crippen LogP contribution >= 0.6 is 27.5 Å². The largest absolute Gasteiger partial charge is 0.323 e. The Labute approximate surface area is 140 Å². The van der Waals surface area contributed by atoms with Crippen molar-refractivity contribution in [1.29, 1.82) is 0 Å². The zero-order chi connectivity index (χ0) is 15.6. The number of halogens is 2. The lowest BCUT2D eigenvalue weighted by molar-refractivity contribution is 0.289. The van der Waals surface area contributed by atoms with Crippen molar-refractivity contribution in [3.63, 3.8) is 0 Å². The molecule has 0 bridgehead atoms. The van der Waals surface area contributed by atoms with Gasteiger partial charge in [0.05, 0.1) is 16.9 Å². The molecule has 0 fully saturated rings. The first-order valence-electron chi connectivity index (χ1n) is 7.29. The monoisotopic (exact) mass is 371 g/mol. The number of hydrogen-bond acceptors (Lipinski definition) is 2. The average Bonchev–Trinajstić information content (AvgIpc) is 2.74. The first-order valence-corrected chi connectivity index (χ1v) is 8.62. The summed E-state index contributed by atoms with van der Waals surface area (Å²) in [6, 6.07) is 6.65. The van der Waals surface area contributed by atoms with Gasteiger partial charge >= 0.3 is 0 Å². The number of fused-ring (bicyclic) bond motifs is 1. The van der Waals surface area contributed by atoms with Crippen molar-refractivity contribution in [3.8, 4) is 0 Å². The van der Waals surface area contributed by atoms with Gasteiger partial charge in [-0.1, -0.05) is 29.8 Å². The van der Waals surface area contributed by atoms with Gasteiger partial charge in [0.15, 0.2) is 0 Å². The Morgan fingerprint density at radius 2 is 2.05 bits per heavy atom. The first kappa shape index (κ1) is 16.8. The van der Waals surface area contributed by atoms with E-state index < -0.39 is 0 Å². The molecule has 2 rings (SSSR count). The maximum Gasteiger partial charge on any atom is 0.125 e. The van der Waals surface area contributed by atoms with Gasteiger partial charge in [-0.25, -0.2) is 4.98 Å². The van der Waals surface area contributed by atoms with Gasteiger partial charge in [-0.2, -0.15) is 0 Å². The van der Waals surface area contributed by atoms with Crippen LogP contribution in [0.25, 0.3) is 11.0 Å². The van der Waals surface area contributed by atoms with Crippen LogP contribution in [-0.2, 0) is 5.88 Å². The van der Waals surface area contributed by atoms with Crippen LogP contribution in [0.2, 0.25) is 0 Å². The minimum atomic E-state index is 0.389. The maximum atomic E-state index is 6.15. The number of hydrogen-bond donors (Lipinski definition) is 0. The summed E-state index contributed by atoms with van der Waals surface area (Å²) in [5, 5.41) is 0. The lowest BCUT2D eigenvalue weighted by Crippen LogP contribution is -2.26. The van der Waals surface area contributed by atoms with E-state index in [2.05, 4.69) is 71.5 Å². The fraction of sp³-hybridized carbons (Fsp3) is 0.562. The van der Waals surface area contributed by atoms with E-state index in [9.17, 15) is 0 Å². The fourth-order valence-corrected chi connectivity index (χ4v) is 3.39. The van der Waals surface area contributed by atoms with Crippen LogP contribution in [0.5, 0.6) is 0 Å². The van der Waals surface area contributed by atoms with Crippen molar-refractivity contribution >= 4 is 38.6 Å². The van der Waals surface area contributed by atoms with Gasteiger partial charge in [0.1, 0.15) is 5.82 Å². The molecule has 0 aliphatic carbocycles. The Morgan fingerprint density at radius 1 is 1.33 bits per heavy atom. The second-order valence-corrected chi connectivity index (χ2v) is 7.39. The molecule has 0 amide bonds. The average molecular weight is 373 g/mol. The Balaban J connectivity index is 2.53. The summed E-state index contributed by atoms with van der Waals surface area (Å²) in [7, 11) is 4.23.